The Labute approximate surface area is 188 Å². The molecule has 1 fully saturated rings. The van der Waals surface area contributed by atoms with E-state index in [4.69, 9.17) is 4.74 Å². The van der Waals surface area contributed by atoms with E-state index < -0.39 is 34.7 Å². The van der Waals surface area contributed by atoms with E-state index in [1.54, 1.807) is 18.7 Å². The van der Waals surface area contributed by atoms with Gasteiger partial charge >= 0.3 is 12.1 Å². The third kappa shape index (κ3) is 3.94. The molecule has 0 radical (unpaired) electrons. The standard InChI is InChI=1S/C23H25F2N3O5/c1-3-27-11-15(22(30)31)21(29)13-8-16(24)20(18(25)19(13)27)28-9-12-6-5-7-17(14(12)10-28)26-23(32)33-4-2/h5-6,8,11-12,14,17H,3-4,7,9-10H2,1-2H3,(H,26,32)(H,30,31). The lowest BCUT2D eigenvalue weighted by molar-refractivity contribution is 0.0694. The van der Waals surface area contributed by atoms with Crippen LogP contribution in [0.15, 0.2) is 29.2 Å². The number of fused-ring (bicyclic) bond motifs is 2. The molecule has 1 amide bonds. The molecule has 0 saturated carbocycles. The van der Waals surface area contributed by atoms with Crippen LogP contribution in [0.3, 0.4) is 0 Å². The molecular weight excluding hydrogens is 436 g/mol. The van der Waals surface area contributed by atoms with E-state index in [2.05, 4.69) is 5.32 Å². The number of carboxylic acids is 1. The second-order valence-electron chi connectivity index (χ2n) is 8.25. The second-order valence-corrected chi connectivity index (χ2v) is 8.25. The fourth-order valence-corrected chi connectivity index (χ4v) is 4.90. The van der Waals surface area contributed by atoms with Gasteiger partial charge in [-0.1, -0.05) is 12.2 Å². The molecule has 2 N–H and O–H groups in total. The van der Waals surface area contributed by atoms with Crippen LogP contribution < -0.4 is 15.6 Å². The van der Waals surface area contributed by atoms with Crippen molar-refractivity contribution in [3.63, 3.8) is 0 Å². The summed E-state index contributed by atoms with van der Waals surface area (Å²) < 4.78 is 37.2. The predicted molar refractivity (Wildman–Crippen MR) is 118 cm³/mol. The zero-order chi connectivity index (χ0) is 23.9. The molecule has 3 atom stereocenters. The number of anilines is 1. The van der Waals surface area contributed by atoms with Crippen molar-refractivity contribution in [2.24, 2.45) is 11.8 Å². The summed E-state index contributed by atoms with van der Waals surface area (Å²) in [6, 6.07) is 0.684. The number of hydrogen-bond donors (Lipinski definition) is 2. The number of nitrogens with one attached hydrogen (secondary N) is 1. The van der Waals surface area contributed by atoms with Gasteiger partial charge in [0.15, 0.2) is 5.82 Å². The Morgan fingerprint density at radius 2 is 2.03 bits per heavy atom. The van der Waals surface area contributed by atoms with Gasteiger partial charge < -0.3 is 24.6 Å². The van der Waals surface area contributed by atoms with E-state index in [0.29, 0.717) is 19.5 Å². The number of carbonyl (C=O) groups is 2. The summed E-state index contributed by atoms with van der Waals surface area (Å²) in [5, 5.41) is 11.8. The van der Waals surface area contributed by atoms with Crippen molar-refractivity contribution in [1.82, 2.24) is 9.88 Å². The number of aryl methyl sites for hydroxylation is 1. The van der Waals surface area contributed by atoms with Gasteiger partial charge in [0, 0.05) is 43.7 Å². The second kappa shape index (κ2) is 8.84. The summed E-state index contributed by atoms with van der Waals surface area (Å²) in [4.78, 5) is 37.5. The van der Waals surface area contributed by atoms with E-state index >= 15 is 8.78 Å². The predicted octanol–water partition coefficient (Wildman–Crippen LogP) is 3.12. The molecule has 4 rings (SSSR count). The number of hydrogen-bond acceptors (Lipinski definition) is 5. The van der Waals surface area contributed by atoms with Crippen LogP contribution in [0.5, 0.6) is 0 Å². The number of aromatic carboxylic acids is 1. The number of ether oxygens (including phenoxy) is 1. The molecule has 176 valence electrons. The molecule has 3 unspecified atom stereocenters. The molecule has 1 aliphatic carbocycles. The lowest BCUT2D eigenvalue weighted by Gasteiger charge is -2.29. The zero-order valence-corrected chi connectivity index (χ0v) is 18.3. The van der Waals surface area contributed by atoms with Crippen LogP contribution in [-0.2, 0) is 11.3 Å². The number of halogens is 2. The molecule has 1 aromatic carbocycles. The number of rotatable bonds is 5. The molecule has 10 heteroatoms. The molecule has 1 saturated heterocycles. The van der Waals surface area contributed by atoms with Gasteiger partial charge in [0.1, 0.15) is 17.1 Å². The number of pyridine rings is 1. The van der Waals surface area contributed by atoms with E-state index in [-0.39, 0.29) is 47.6 Å². The highest BCUT2D eigenvalue weighted by molar-refractivity contribution is 5.93. The number of aromatic nitrogens is 1. The van der Waals surface area contributed by atoms with Crippen LogP contribution in [0.2, 0.25) is 0 Å². The SMILES string of the molecule is CCOC(=O)NC1CC=CC2CN(c3c(F)cc4c(=O)c(C(=O)O)cn(CC)c4c3F)CC21. The number of amides is 1. The zero-order valence-electron chi connectivity index (χ0n) is 18.3. The Morgan fingerprint density at radius 1 is 1.27 bits per heavy atom. The van der Waals surface area contributed by atoms with Crippen molar-refractivity contribution in [3.05, 3.63) is 51.8 Å². The van der Waals surface area contributed by atoms with Gasteiger partial charge in [-0.3, -0.25) is 4.79 Å². The van der Waals surface area contributed by atoms with Crippen LogP contribution in [0.1, 0.15) is 30.6 Å². The third-order valence-electron chi connectivity index (χ3n) is 6.40. The maximum atomic E-state index is 15.7. The molecule has 2 aromatic rings. The van der Waals surface area contributed by atoms with E-state index in [9.17, 15) is 19.5 Å². The minimum absolute atomic E-state index is 0.0251. The molecule has 8 nitrogen and oxygen atoms in total. The molecule has 2 aliphatic rings. The minimum Gasteiger partial charge on any atom is -0.477 e. The van der Waals surface area contributed by atoms with Gasteiger partial charge in [0.05, 0.1) is 17.5 Å². The summed E-state index contributed by atoms with van der Waals surface area (Å²) >= 11 is 0. The van der Waals surface area contributed by atoms with Gasteiger partial charge in [-0.15, -0.1) is 0 Å². The quantitative estimate of drug-likeness (QED) is 0.664. The first-order valence-corrected chi connectivity index (χ1v) is 10.9. The van der Waals surface area contributed by atoms with Crippen molar-refractivity contribution >= 4 is 28.7 Å². The Morgan fingerprint density at radius 3 is 2.70 bits per heavy atom. The summed E-state index contributed by atoms with van der Waals surface area (Å²) in [6.45, 7) is 4.46. The minimum atomic E-state index is -1.45. The fourth-order valence-electron chi connectivity index (χ4n) is 4.90. The average molecular weight is 461 g/mol. The normalized spacial score (nSPS) is 21.8. The number of alkyl carbamates (subject to hydrolysis) is 1. The lowest BCUT2D eigenvalue weighted by Crippen LogP contribution is -2.44. The van der Waals surface area contributed by atoms with Crippen LogP contribution in [0.4, 0.5) is 19.3 Å². The molecule has 0 bridgehead atoms. The van der Waals surface area contributed by atoms with Crippen molar-refractivity contribution in [2.75, 3.05) is 24.6 Å². The Balaban J connectivity index is 1.74. The maximum Gasteiger partial charge on any atom is 0.407 e. The highest BCUT2D eigenvalue weighted by atomic mass is 19.1. The van der Waals surface area contributed by atoms with Gasteiger partial charge in [-0.25, -0.2) is 18.4 Å². The third-order valence-corrected chi connectivity index (χ3v) is 6.40. The average Bonchev–Trinajstić information content (AvgIpc) is 3.19. The summed E-state index contributed by atoms with van der Waals surface area (Å²) in [5.74, 6) is -3.39. The number of carbonyl (C=O) groups excluding carboxylic acids is 1. The summed E-state index contributed by atoms with van der Waals surface area (Å²) in [5.41, 5.74) is -1.86. The molecule has 2 heterocycles. The van der Waals surface area contributed by atoms with Crippen molar-refractivity contribution in [1.29, 1.82) is 0 Å². The highest BCUT2D eigenvalue weighted by Gasteiger charge is 2.41. The molecule has 0 spiro atoms. The van der Waals surface area contributed by atoms with Gasteiger partial charge in [-0.2, -0.15) is 0 Å². The molecule has 1 aliphatic heterocycles. The number of benzene rings is 1. The van der Waals surface area contributed by atoms with Gasteiger partial charge in [0.2, 0.25) is 5.43 Å². The summed E-state index contributed by atoms with van der Waals surface area (Å²) in [7, 11) is 0. The largest absolute Gasteiger partial charge is 0.477 e. The summed E-state index contributed by atoms with van der Waals surface area (Å²) in [6.07, 6.45) is 5.08. The topological polar surface area (TPSA) is 101 Å². The van der Waals surface area contributed by atoms with Gasteiger partial charge in [0.25, 0.3) is 0 Å². The first-order valence-electron chi connectivity index (χ1n) is 10.9. The Hall–Kier alpha value is -3.43. The lowest BCUT2D eigenvalue weighted by atomic mass is 9.83. The van der Waals surface area contributed by atoms with E-state index in [1.807, 2.05) is 12.2 Å². The van der Waals surface area contributed by atoms with E-state index in [1.165, 1.54) is 4.57 Å². The molecule has 33 heavy (non-hydrogen) atoms. The monoisotopic (exact) mass is 461 g/mol. The van der Waals surface area contributed by atoms with Crippen molar-refractivity contribution < 1.29 is 28.2 Å². The maximum absolute atomic E-state index is 15.7. The van der Waals surface area contributed by atoms with E-state index in [0.717, 1.165) is 12.3 Å². The molecular formula is C23H25F2N3O5. The van der Waals surface area contributed by atoms with Crippen LogP contribution in [0, 0.1) is 23.5 Å². The van der Waals surface area contributed by atoms with Gasteiger partial charge in [-0.05, 0) is 26.3 Å². The first-order chi connectivity index (χ1) is 15.8. The van der Waals surface area contributed by atoms with Crippen molar-refractivity contribution in [2.45, 2.75) is 32.9 Å². The number of nitrogens with zero attached hydrogens (tertiary/aromatic N) is 2. The number of carboxylic acid groups (broad SMARTS) is 1. The van der Waals surface area contributed by atoms with Crippen LogP contribution in [0.25, 0.3) is 10.9 Å². The first kappa shape index (κ1) is 22.8. The van der Waals surface area contributed by atoms with Crippen LogP contribution >= 0.6 is 0 Å². The molecule has 1 aromatic heterocycles. The Bertz CT molecular complexity index is 1210. The highest BCUT2D eigenvalue weighted by Crippen LogP contribution is 2.38. The smallest absolute Gasteiger partial charge is 0.407 e. The Kier molecular flexibility index (Phi) is 6.09. The van der Waals surface area contributed by atoms with Crippen LogP contribution in [-0.4, -0.2) is 47.5 Å². The fraction of sp³-hybridized carbons (Fsp3) is 0.435. The van der Waals surface area contributed by atoms with Crippen molar-refractivity contribution in [3.8, 4) is 0 Å².